The lowest BCUT2D eigenvalue weighted by Crippen LogP contribution is -2.12. The second-order valence-corrected chi connectivity index (χ2v) is 6.52. The fourth-order valence-corrected chi connectivity index (χ4v) is 3.04. The predicted octanol–water partition coefficient (Wildman–Crippen LogP) is 4.78. The minimum Gasteiger partial charge on any atom is -0.495 e. The quantitative estimate of drug-likeness (QED) is 0.656. The second-order valence-electron chi connectivity index (χ2n) is 5.17. The van der Waals surface area contributed by atoms with E-state index >= 15 is 0 Å². The number of nitrogens with zero attached hydrogens (tertiary/aromatic N) is 1. The van der Waals surface area contributed by atoms with Crippen molar-refractivity contribution < 1.29 is 18.7 Å². The van der Waals surface area contributed by atoms with Crippen molar-refractivity contribution in [2.75, 3.05) is 12.4 Å². The number of rotatable bonds is 6. The van der Waals surface area contributed by atoms with Crippen molar-refractivity contribution in [2.24, 2.45) is 0 Å². The molecule has 3 rings (SSSR count). The van der Waals surface area contributed by atoms with Crippen LogP contribution in [0.25, 0.3) is 0 Å². The maximum absolute atomic E-state index is 12.9. The molecule has 0 saturated heterocycles. The molecule has 134 valence electrons. The average molecular weight is 393 g/mol. The van der Waals surface area contributed by atoms with E-state index in [2.05, 4.69) is 10.3 Å². The number of aromatic nitrogens is 1. The van der Waals surface area contributed by atoms with Crippen LogP contribution in [0.3, 0.4) is 0 Å². The second kappa shape index (κ2) is 8.16. The Kier molecular flexibility index (Phi) is 5.70. The molecule has 0 bridgehead atoms. The molecule has 0 spiro atoms. The third kappa shape index (κ3) is 4.50. The minimum absolute atomic E-state index is 0.192. The number of ether oxygens (including phenoxy) is 2. The van der Waals surface area contributed by atoms with Crippen molar-refractivity contribution >= 4 is 34.5 Å². The first-order valence-corrected chi connectivity index (χ1v) is 8.78. The van der Waals surface area contributed by atoms with Gasteiger partial charge >= 0.3 is 0 Å². The first-order chi connectivity index (χ1) is 12.5. The summed E-state index contributed by atoms with van der Waals surface area (Å²) in [5.74, 6) is 0.374. The van der Waals surface area contributed by atoms with Gasteiger partial charge in [-0.15, -0.1) is 11.3 Å². The van der Waals surface area contributed by atoms with Gasteiger partial charge < -0.3 is 14.8 Å². The van der Waals surface area contributed by atoms with E-state index in [4.69, 9.17) is 21.1 Å². The van der Waals surface area contributed by atoms with E-state index in [9.17, 15) is 9.18 Å². The topological polar surface area (TPSA) is 60.5 Å². The number of methoxy groups -OCH3 is 1. The summed E-state index contributed by atoms with van der Waals surface area (Å²) in [7, 11) is 1.52. The Morgan fingerprint density at radius 1 is 1.27 bits per heavy atom. The van der Waals surface area contributed by atoms with Gasteiger partial charge in [0.1, 0.15) is 34.6 Å². The summed E-state index contributed by atoms with van der Waals surface area (Å²) in [4.78, 5) is 16.5. The number of nitrogens with one attached hydrogen (secondary N) is 1. The van der Waals surface area contributed by atoms with Crippen LogP contribution in [0.4, 0.5) is 10.1 Å². The van der Waals surface area contributed by atoms with Gasteiger partial charge in [0.25, 0.3) is 5.91 Å². The summed E-state index contributed by atoms with van der Waals surface area (Å²) in [6, 6.07) is 10.7. The molecule has 1 amide bonds. The zero-order valence-corrected chi connectivity index (χ0v) is 15.2. The molecular weight excluding hydrogens is 379 g/mol. The largest absolute Gasteiger partial charge is 0.495 e. The van der Waals surface area contributed by atoms with Crippen molar-refractivity contribution in [2.45, 2.75) is 6.61 Å². The third-order valence-corrected chi connectivity index (χ3v) is 4.49. The lowest BCUT2D eigenvalue weighted by Gasteiger charge is -2.07. The Labute approximate surface area is 158 Å². The normalized spacial score (nSPS) is 10.4. The summed E-state index contributed by atoms with van der Waals surface area (Å²) in [6.45, 7) is 0.192. The van der Waals surface area contributed by atoms with Crippen LogP contribution in [-0.2, 0) is 6.61 Å². The van der Waals surface area contributed by atoms with Gasteiger partial charge in [0.15, 0.2) is 0 Å². The Bertz CT molecular complexity index is 915. The van der Waals surface area contributed by atoms with Gasteiger partial charge in [-0.25, -0.2) is 9.37 Å². The lowest BCUT2D eigenvalue weighted by atomic mass is 10.3. The molecule has 26 heavy (non-hydrogen) atoms. The zero-order valence-electron chi connectivity index (χ0n) is 13.7. The highest BCUT2D eigenvalue weighted by atomic mass is 35.5. The van der Waals surface area contributed by atoms with Crippen molar-refractivity contribution in [1.82, 2.24) is 4.98 Å². The highest BCUT2D eigenvalue weighted by Crippen LogP contribution is 2.27. The van der Waals surface area contributed by atoms with E-state index in [0.29, 0.717) is 27.2 Å². The molecule has 1 heterocycles. The number of thiazole rings is 1. The summed E-state index contributed by atoms with van der Waals surface area (Å²) in [5.41, 5.74) is 0.817. The monoisotopic (exact) mass is 392 g/mol. The van der Waals surface area contributed by atoms with Crippen LogP contribution < -0.4 is 14.8 Å². The fraction of sp³-hybridized carbons (Fsp3) is 0.111. The van der Waals surface area contributed by atoms with Crippen molar-refractivity contribution in [3.05, 3.63) is 69.4 Å². The molecule has 1 N–H and O–H groups in total. The van der Waals surface area contributed by atoms with Gasteiger partial charge in [0.2, 0.25) is 0 Å². The highest BCUT2D eigenvalue weighted by Gasteiger charge is 2.12. The van der Waals surface area contributed by atoms with Crippen LogP contribution in [0.2, 0.25) is 5.02 Å². The maximum Gasteiger partial charge on any atom is 0.275 e. The number of halogens is 2. The molecule has 0 atom stereocenters. The molecule has 0 aliphatic rings. The van der Waals surface area contributed by atoms with Gasteiger partial charge in [-0.05, 0) is 42.5 Å². The number of carbonyl (C=O) groups is 1. The van der Waals surface area contributed by atoms with Gasteiger partial charge in [0, 0.05) is 11.1 Å². The molecule has 0 aliphatic heterocycles. The number of anilines is 1. The lowest BCUT2D eigenvalue weighted by molar-refractivity contribution is 0.102. The molecule has 8 heteroatoms. The van der Waals surface area contributed by atoms with E-state index in [1.165, 1.54) is 42.7 Å². The van der Waals surface area contributed by atoms with E-state index < -0.39 is 0 Å². The van der Waals surface area contributed by atoms with E-state index in [-0.39, 0.29) is 24.0 Å². The van der Waals surface area contributed by atoms with E-state index in [1.807, 2.05) is 0 Å². The third-order valence-electron chi connectivity index (χ3n) is 3.37. The summed E-state index contributed by atoms with van der Waals surface area (Å²) >= 11 is 7.35. The summed E-state index contributed by atoms with van der Waals surface area (Å²) in [5, 5.41) is 5.40. The summed E-state index contributed by atoms with van der Waals surface area (Å²) < 4.78 is 23.5. The minimum atomic E-state index is -0.351. The molecule has 2 aromatic carbocycles. The molecule has 5 nitrogen and oxygen atoms in total. The first kappa shape index (κ1) is 18.2. The number of carbonyl (C=O) groups excluding carboxylic acids is 1. The molecule has 0 radical (unpaired) electrons. The van der Waals surface area contributed by atoms with Crippen molar-refractivity contribution in [3.8, 4) is 11.5 Å². The van der Waals surface area contributed by atoms with Crippen molar-refractivity contribution in [1.29, 1.82) is 0 Å². The van der Waals surface area contributed by atoms with Crippen LogP contribution >= 0.6 is 22.9 Å². The van der Waals surface area contributed by atoms with Crippen LogP contribution in [0, 0.1) is 5.82 Å². The fourth-order valence-electron chi connectivity index (χ4n) is 2.10. The van der Waals surface area contributed by atoms with E-state index in [0.717, 1.165) is 0 Å². The molecule has 0 aliphatic carbocycles. The number of hydrogen-bond acceptors (Lipinski definition) is 5. The standard InChI is InChI=1S/C18H14ClFN2O3S/c1-24-16-7-4-12(8-14(16)19)21-18(23)15-10-26-17(22-15)9-25-13-5-2-11(20)3-6-13/h2-8,10H,9H2,1H3,(H,21,23). The Morgan fingerprint density at radius 2 is 2.04 bits per heavy atom. The molecule has 1 aromatic heterocycles. The first-order valence-electron chi connectivity index (χ1n) is 7.53. The zero-order chi connectivity index (χ0) is 18.5. The van der Waals surface area contributed by atoms with Crippen LogP contribution in [0.1, 0.15) is 15.5 Å². The van der Waals surface area contributed by atoms with Crippen LogP contribution in [-0.4, -0.2) is 18.0 Å². The average Bonchev–Trinajstić information content (AvgIpc) is 3.11. The molecular formula is C18H14ClFN2O3S. The smallest absolute Gasteiger partial charge is 0.275 e. The Balaban J connectivity index is 1.60. The number of benzene rings is 2. The van der Waals surface area contributed by atoms with Crippen LogP contribution in [0.15, 0.2) is 47.8 Å². The van der Waals surface area contributed by atoms with Gasteiger partial charge in [0.05, 0.1) is 12.1 Å². The number of amides is 1. The highest BCUT2D eigenvalue weighted by molar-refractivity contribution is 7.09. The summed E-state index contributed by atoms with van der Waals surface area (Å²) in [6.07, 6.45) is 0. The van der Waals surface area contributed by atoms with E-state index in [1.54, 1.807) is 23.6 Å². The number of hydrogen-bond donors (Lipinski definition) is 1. The SMILES string of the molecule is COc1ccc(NC(=O)c2csc(COc3ccc(F)cc3)n2)cc1Cl. The molecule has 3 aromatic rings. The maximum atomic E-state index is 12.9. The molecule has 0 fully saturated rings. The van der Waals surface area contributed by atoms with Gasteiger partial charge in [-0.2, -0.15) is 0 Å². The van der Waals surface area contributed by atoms with Gasteiger partial charge in [-0.3, -0.25) is 4.79 Å². The molecule has 0 saturated carbocycles. The van der Waals surface area contributed by atoms with Crippen molar-refractivity contribution in [3.63, 3.8) is 0 Å². The molecule has 0 unspecified atom stereocenters. The Hall–Kier alpha value is -2.64. The van der Waals surface area contributed by atoms with Crippen LogP contribution in [0.5, 0.6) is 11.5 Å². The van der Waals surface area contributed by atoms with Gasteiger partial charge in [-0.1, -0.05) is 11.6 Å². The Morgan fingerprint density at radius 3 is 2.73 bits per heavy atom. The predicted molar refractivity (Wildman–Crippen MR) is 98.8 cm³/mol.